The molecule has 1 aromatic carbocycles. The van der Waals surface area contributed by atoms with Gasteiger partial charge in [0.15, 0.2) is 0 Å². The number of alkyl halides is 3. The van der Waals surface area contributed by atoms with E-state index in [1.54, 1.807) is 13.8 Å². The Kier molecular flexibility index (Phi) is 3.64. The number of anilines is 1. The van der Waals surface area contributed by atoms with Gasteiger partial charge in [0.25, 0.3) is 0 Å². The van der Waals surface area contributed by atoms with E-state index in [9.17, 15) is 18.0 Å². The largest absolute Gasteiger partial charge is 0.416 e. The first-order chi connectivity index (χ1) is 9.20. The number of thiazole rings is 1. The summed E-state index contributed by atoms with van der Waals surface area (Å²) < 4.78 is 40.3. The number of benzene rings is 1. The lowest BCUT2D eigenvalue weighted by Gasteiger charge is -2.14. The van der Waals surface area contributed by atoms with E-state index in [1.807, 2.05) is 0 Å². The van der Waals surface area contributed by atoms with Crippen molar-refractivity contribution >= 4 is 17.0 Å². The minimum absolute atomic E-state index is 0.0368. The molecule has 0 unspecified atom stereocenters. The monoisotopic (exact) mass is 302 g/mol. The van der Waals surface area contributed by atoms with Gasteiger partial charge in [0.05, 0.1) is 12.1 Å². The predicted octanol–water partition coefficient (Wildman–Crippen LogP) is 3.18. The SMILES string of the molecule is Cc1sc(=O)n(Cc2ccc(N)cc2C(F)(F)F)c1C. The Hall–Kier alpha value is -1.76. The van der Waals surface area contributed by atoms with E-state index in [0.29, 0.717) is 5.69 Å². The smallest absolute Gasteiger partial charge is 0.399 e. The van der Waals surface area contributed by atoms with Crippen molar-refractivity contribution in [3.63, 3.8) is 0 Å². The third kappa shape index (κ3) is 2.72. The lowest BCUT2D eigenvalue weighted by molar-refractivity contribution is -0.138. The van der Waals surface area contributed by atoms with Crippen LogP contribution in [0.5, 0.6) is 0 Å². The van der Waals surface area contributed by atoms with Gasteiger partial charge in [-0.25, -0.2) is 0 Å². The summed E-state index contributed by atoms with van der Waals surface area (Å²) in [5.41, 5.74) is 5.39. The Morgan fingerprint density at radius 2 is 1.95 bits per heavy atom. The summed E-state index contributed by atoms with van der Waals surface area (Å²) in [4.78, 5) is 12.3. The summed E-state index contributed by atoms with van der Waals surface area (Å²) in [7, 11) is 0. The summed E-state index contributed by atoms with van der Waals surface area (Å²) in [6.07, 6.45) is -4.49. The minimum Gasteiger partial charge on any atom is -0.399 e. The molecule has 0 spiro atoms. The van der Waals surface area contributed by atoms with Crippen LogP contribution in [0.2, 0.25) is 0 Å². The first-order valence-corrected chi connectivity index (χ1v) is 6.64. The van der Waals surface area contributed by atoms with Crippen LogP contribution in [0.1, 0.15) is 21.7 Å². The molecule has 20 heavy (non-hydrogen) atoms. The maximum atomic E-state index is 13.0. The zero-order valence-corrected chi connectivity index (χ0v) is 11.7. The van der Waals surface area contributed by atoms with E-state index in [4.69, 9.17) is 5.73 Å². The Balaban J connectivity index is 2.52. The average Bonchev–Trinajstić information content (AvgIpc) is 2.56. The van der Waals surface area contributed by atoms with Gasteiger partial charge in [-0.2, -0.15) is 13.2 Å². The van der Waals surface area contributed by atoms with Gasteiger partial charge in [-0.3, -0.25) is 9.36 Å². The van der Waals surface area contributed by atoms with Gasteiger partial charge in [0, 0.05) is 16.3 Å². The minimum atomic E-state index is -4.49. The molecule has 1 aromatic heterocycles. The van der Waals surface area contributed by atoms with Crippen molar-refractivity contribution in [2.24, 2.45) is 0 Å². The molecule has 2 rings (SSSR count). The molecule has 0 radical (unpaired) electrons. The molecule has 0 atom stereocenters. The Labute approximate surface area is 117 Å². The highest BCUT2D eigenvalue weighted by molar-refractivity contribution is 7.09. The van der Waals surface area contributed by atoms with E-state index < -0.39 is 11.7 Å². The van der Waals surface area contributed by atoms with E-state index >= 15 is 0 Å². The lowest BCUT2D eigenvalue weighted by atomic mass is 10.1. The van der Waals surface area contributed by atoms with E-state index in [2.05, 4.69) is 0 Å². The third-order valence-corrected chi connectivity index (χ3v) is 4.14. The number of rotatable bonds is 2. The second kappa shape index (κ2) is 4.97. The zero-order chi connectivity index (χ0) is 15.1. The van der Waals surface area contributed by atoms with Gasteiger partial charge in [0.1, 0.15) is 0 Å². The molecule has 0 saturated heterocycles. The van der Waals surface area contributed by atoms with Crippen molar-refractivity contribution in [1.29, 1.82) is 0 Å². The number of hydrogen-bond acceptors (Lipinski definition) is 3. The molecule has 0 fully saturated rings. The van der Waals surface area contributed by atoms with Crippen LogP contribution in [0, 0.1) is 13.8 Å². The Morgan fingerprint density at radius 3 is 2.45 bits per heavy atom. The predicted molar refractivity (Wildman–Crippen MR) is 73.0 cm³/mol. The quantitative estimate of drug-likeness (QED) is 0.866. The van der Waals surface area contributed by atoms with Crippen LogP contribution in [-0.2, 0) is 12.7 Å². The van der Waals surface area contributed by atoms with E-state index in [0.717, 1.165) is 22.3 Å². The van der Waals surface area contributed by atoms with Crippen molar-refractivity contribution in [2.75, 3.05) is 5.73 Å². The first kappa shape index (κ1) is 14.6. The van der Waals surface area contributed by atoms with Crippen molar-refractivity contribution in [3.05, 3.63) is 49.6 Å². The summed E-state index contributed by atoms with van der Waals surface area (Å²) >= 11 is 1.03. The zero-order valence-electron chi connectivity index (χ0n) is 10.9. The van der Waals surface area contributed by atoms with Crippen molar-refractivity contribution in [3.8, 4) is 0 Å². The summed E-state index contributed by atoms with van der Waals surface area (Å²) in [6, 6.07) is 3.62. The number of aromatic nitrogens is 1. The molecule has 0 aliphatic heterocycles. The highest BCUT2D eigenvalue weighted by Gasteiger charge is 2.33. The van der Waals surface area contributed by atoms with Crippen LogP contribution in [0.3, 0.4) is 0 Å². The van der Waals surface area contributed by atoms with Crippen LogP contribution in [0.15, 0.2) is 23.0 Å². The molecule has 0 aliphatic carbocycles. The standard InChI is InChI=1S/C13H13F3N2OS/c1-7-8(2)20-12(19)18(7)6-9-3-4-10(17)5-11(9)13(14,15)16/h3-5H,6,17H2,1-2H3. The van der Waals surface area contributed by atoms with Gasteiger partial charge in [0.2, 0.25) is 0 Å². The van der Waals surface area contributed by atoms with Crippen molar-refractivity contribution < 1.29 is 13.2 Å². The second-order valence-electron chi connectivity index (χ2n) is 4.51. The Bertz CT molecular complexity index is 701. The fourth-order valence-corrected chi connectivity index (χ4v) is 2.77. The number of halogens is 3. The Morgan fingerprint density at radius 1 is 1.30 bits per heavy atom. The topological polar surface area (TPSA) is 48.0 Å². The maximum Gasteiger partial charge on any atom is 0.416 e. The molecule has 7 heteroatoms. The van der Waals surface area contributed by atoms with E-state index in [-0.39, 0.29) is 22.7 Å². The molecule has 3 nitrogen and oxygen atoms in total. The number of nitrogens with two attached hydrogens (primary N) is 1. The number of aryl methyl sites for hydroxylation is 1. The van der Waals surface area contributed by atoms with Crippen LogP contribution in [-0.4, -0.2) is 4.57 Å². The molecule has 0 bridgehead atoms. The number of nitrogen functional groups attached to an aromatic ring is 1. The average molecular weight is 302 g/mol. The summed E-state index contributed by atoms with van der Waals surface area (Å²) in [5.74, 6) is 0. The van der Waals surface area contributed by atoms with Crippen molar-refractivity contribution in [1.82, 2.24) is 4.57 Å². The molecule has 2 N–H and O–H groups in total. The van der Waals surface area contributed by atoms with Gasteiger partial charge in [-0.1, -0.05) is 17.4 Å². The van der Waals surface area contributed by atoms with Gasteiger partial charge in [-0.15, -0.1) is 0 Å². The number of nitrogens with zero attached hydrogens (tertiary/aromatic N) is 1. The van der Waals surface area contributed by atoms with Crippen molar-refractivity contribution in [2.45, 2.75) is 26.6 Å². The lowest BCUT2D eigenvalue weighted by Crippen LogP contribution is -2.19. The second-order valence-corrected chi connectivity index (χ2v) is 5.68. The molecule has 108 valence electrons. The molecular weight excluding hydrogens is 289 g/mol. The summed E-state index contributed by atoms with van der Waals surface area (Å²) in [6.45, 7) is 3.38. The summed E-state index contributed by atoms with van der Waals surface area (Å²) in [5, 5.41) is 0. The molecule has 0 amide bonds. The van der Waals surface area contributed by atoms with E-state index in [1.165, 1.54) is 16.7 Å². The fourth-order valence-electron chi connectivity index (χ4n) is 1.94. The molecule has 0 aliphatic rings. The molecular formula is C13H13F3N2OS. The number of hydrogen-bond donors (Lipinski definition) is 1. The maximum absolute atomic E-state index is 13.0. The van der Waals surface area contributed by atoms with Crippen LogP contribution in [0.4, 0.5) is 18.9 Å². The van der Waals surface area contributed by atoms with Gasteiger partial charge in [-0.05, 0) is 31.5 Å². The molecule has 1 heterocycles. The highest BCUT2D eigenvalue weighted by atomic mass is 32.1. The van der Waals surface area contributed by atoms with Crippen LogP contribution in [0.25, 0.3) is 0 Å². The van der Waals surface area contributed by atoms with Gasteiger partial charge >= 0.3 is 11.0 Å². The first-order valence-electron chi connectivity index (χ1n) is 5.82. The third-order valence-electron chi connectivity index (χ3n) is 3.14. The van der Waals surface area contributed by atoms with Crippen LogP contribution < -0.4 is 10.6 Å². The van der Waals surface area contributed by atoms with Gasteiger partial charge < -0.3 is 5.73 Å². The normalized spacial score (nSPS) is 11.8. The fraction of sp³-hybridized carbons (Fsp3) is 0.308. The highest BCUT2D eigenvalue weighted by Crippen LogP contribution is 2.33. The molecule has 0 saturated carbocycles. The molecule has 2 aromatic rings. The van der Waals surface area contributed by atoms with Crippen LogP contribution >= 0.6 is 11.3 Å².